The van der Waals surface area contributed by atoms with E-state index in [0.717, 1.165) is 38.3 Å². The average Bonchev–Trinajstić information content (AvgIpc) is 2.55. The largest absolute Gasteiger partial charge is 0.314 e. The standard InChI is InChI=1S/C15H21F2N/c1-2-18-13-6-4-3-5-11(9-13)14-8-7-12(16)10-15(14)17/h7-8,10-11,13,18H,2-6,9H2,1H3. The van der Waals surface area contributed by atoms with Crippen LogP contribution in [-0.2, 0) is 0 Å². The molecule has 1 fully saturated rings. The van der Waals surface area contributed by atoms with Crippen molar-refractivity contribution in [1.82, 2.24) is 5.32 Å². The van der Waals surface area contributed by atoms with Gasteiger partial charge in [-0.2, -0.15) is 0 Å². The van der Waals surface area contributed by atoms with Crippen LogP contribution in [0.15, 0.2) is 18.2 Å². The van der Waals surface area contributed by atoms with Crippen molar-refractivity contribution in [1.29, 1.82) is 0 Å². The number of benzene rings is 1. The summed E-state index contributed by atoms with van der Waals surface area (Å²) in [5, 5.41) is 3.46. The molecule has 0 heterocycles. The Morgan fingerprint density at radius 1 is 1.22 bits per heavy atom. The highest BCUT2D eigenvalue weighted by Crippen LogP contribution is 2.33. The summed E-state index contributed by atoms with van der Waals surface area (Å²) in [4.78, 5) is 0. The Balaban J connectivity index is 2.14. The predicted octanol–water partition coefficient (Wildman–Crippen LogP) is 3.99. The van der Waals surface area contributed by atoms with Gasteiger partial charge in [0.2, 0.25) is 0 Å². The first-order valence-electron chi connectivity index (χ1n) is 6.89. The number of nitrogens with one attached hydrogen (secondary N) is 1. The summed E-state index contributed by atoms with van der Waals surface area (Å²) in [5.74, 6) is -0.664. The molecule has 2 rings (SSSR count). The minimum Gasteiger partial charge on any atom is -0.314 e. The van der Waals surface area contributed by atoms with Gasteiger partial charge in [0.15, 0.2) is 0 Å². The van der Waals surface area contributed by atoms with Gasteiger partial charge in [-0.15, -0.1) is 0 Å². The Morgan fingerprint density at radius 3 is 2.72 bits per heavy atom. The molecule has 3 heteroatoms. The predicted molar refractivity (Wildman–Crippen MR) is 69.6 cm³/mol. The van der Waals surface area contributed by atoms with Gasteiger partial charge in [0.05, 0.1) is 0 Å². The molecule has 0 radical (unpaired) electrons. The summed E-state index contributed by atoms with van der Waals surface area (Å²) in [6, 6.07) is 4.45. The van der Waals surface area contributed by atoms with Crippen molar-refractivity contribution in [2.24, 2.45) is 0 Å². The molecule has 2 atom stereocenters. The molecule has 1 aliphatic rings. The third kappa shape index (κ3) is 3.29. The second-order valence-electron chi connectivity index (χ2n) is 5.14. The number of rotatable bonds is 3. The van der Waals surface area contributed by atoms with Crippen LogP contribution >= 0.6 is 0 Å². The highest BCUT2D eigenvalue weighted by atomic mass is 19.1. The first-order valence-corrected chi connectivity index (χ1v) is 6.89. The van der Waals surface area contributed by atoms with Gasteiger partial charge in [-0.25, -0.2) is 8.78 Å². The van der Waals surface area contributed by atoms with E-state index in [1.165, 1.54) is 12.5 Å². The first kappa shape index (κ1) is 13.5. The highest BCUT2D eigenvalue weighted by molar-refractivity contribution is 5.23. The SMILES string of the molecule is CCNC1CCCCC(c2ccc(F)cc2F)C1. The van der Waals surface area contributed by atoms with E-state index < -0.39 is 11.6 Å². The molecule has 100 valence electrons. The molecule has 0 aliphatic heterocycles. The quantitative estimate of drug-likeness (QED) is 0.803. The minimum atomic E-state index is -0.492. The molecule has 1 aromatic rings. The lowest BCUT2D eigenvalue weighted by molar-refractivity contribution is 0.440. The summed E-state index contributed by atoms with van der Waals surface area (Å²) >= 11 is 0. The number of hydrogen-bond acceptors (Lipinski definition) is 1. The summed E-state index contributed by atoms with van der Waals surface area (Å²) in [7, 11) is 0. The lowest BCUT2D eigenvalue weighted by Crippen LogP contribution is -2.29. The van der Waals surface area contributed by atoms with E-state index in [-0.39, 0.29) is 5.92 Å². The molecule has 1 aliphatic carbocycles. The fraction of sp³-hybridized carbons (Fsp3) is 0.600. The molecule has 0 spiro atoms. The Hall–Kier alpha value is -0.960. The zero-order valence-corrected chi connectivity index (χ0v) is 10.9. The van der Waals surface area contributed by atoms with Crippen LogP contribution in [0.5, 0.6) is 0 Å². The zero-order valence-electron chi connectivity index (χ0n) is 10.9. The molecule has 0 aromatic heterocycles. The third-order valence-corrected chi connectivity index (χ3v) is 3.82. The van der Waals surface area contributed by atoms with Gasteiger partial charge in [0, 0.05) is 12.1 Å². The molecule has 0 bridgehead atoms. The van der Waals surface area contributed by atoms with Crippen LogP contribution < -0.4 is 5.32 Å². The van der Waals surface area contributed by atoms with Crippen molar-refractivity contribution < 1.29 is 8.78 Å². The van der Waals surface area contributed by atoms with Crippen molar-refractivity contribution in [3.05, 3.63) is 35.4 Å². The molecule has 0 amide bonds. The summed E-state index contributed by atoms with van der Waals surface area (Å²) < 4.78 is 26.8. The monoisotopic (exact) mass is 253 g/mol. The van der Waals surface area contributed by atoms with E-state index in [0.29, 0.717) is 11.6 Å². The van der Waals surface area contributed by atoms with Crippen LogP contribution in [0.2, 0.25) is 0 Å². The van der Waals surface area contributed by atoms with Crippen molar-refractivity contribution >= 4 is 0 Å². The van der Waals surface area contributed by atoms with E-state index >= 15 is 0 Å². The summed E-state index contributed by atoms with van der Waals surface area (Å²) in [6.07, 6.45) is 5.44. The van der Waals surface area contributed by atoms with E-state index in [1.54, 1.807) is 6.07 Å². The van der Waals surface area contributed by atoms with E-state index in [9.17, 15) is 8.78 Å². The van der Waals surface area contributed by atoms with Crippen molar-refractivity contribution in [3.8, 4) is 0 Å². The van der Waals surface area contributed by atoms with Gasteiger partial charge in [-0.05, 0) is 43.4 Å². The van der Waals surface area contributed by atoms with E-state index in [2.05, 4.69) is 12.2 Å². The normalized spacial score (nSPS) is 24.8. The van der Waals surface area contributed by atoms with Gasteiger partial charge in [-0.1, -0.05) is 25.8 Å². The lowest BCUT2D eigenvalue weighted by Gasteiger charge is -2.21. The van der Waals surface area contributed by atoms with E-state index in [4.69, 9.17) is 0 Å². The molecule has 1 saturated carbocycles. The Labute approximate surface area is 108 Å². The molecule has 1 nitrogen and oxygen atoms in total. The van der Waals surface area contributed by atoms with Gasteiger partial charge in [-0.3, -0.25) is 0 Å². The highest BCUT2D eigenvalue weighted by Gasteiger charge is 2.23. The molecule has 18 heavy (non-hydrogen) atoms. The van der Waals surface area contributed by atoms with Crippen molar-refractivity contribution in [3.63, 3.8) is 0 Å². The van der Waals surface area contributed by atoms with Crippen LogP contribution in [-0.4, -0.2) is 12.6 Å². The van der Waals surface area contributed by atoms with Crippen LogP contribution in [0.25, 0.3) is 0 Å². The number of hydrogen-bond donors (Lipinski definition) is 1. The van der Waals surface area contributed by atoms with Crippen molar-refractivity contribution in [2.45, 2.75) is 51.0 Å². The topological polar surface area (TPSA) is 12.0 Å². The third-order valence-electron chi connectivity index (χ3n) is 3.82. The summed E-state index contributed by atoms with van der Waals surface area (Å²) in [6.45, 7) is 3.04. The van der Waals surface area contributed by atoms with Gasteiger partial charge >= 0.3 is 0 Å². The van der Waals surface area contributed by atoms with Gasteiger partial charge in [0.25, 0.3) is 0 Å². The maximum atomic E-state index is 13.8. The molecule has 2 unspecified atom stereocenters. The molecular weight excluding hydrogens is 232 g/mol. The second-order valence-corrected chi connectivity index (χ2v) is 5.14. The summed E-state index contributed by atoms with van der Waals surface area (Å²) in [5.41, 5.74) is 0.682. The van der Waals surface area contributed by atoms with Gasteiger partial charge in [0.1, 0.15) is 11.6 Å². The molecular formula is C15H21F2N. The zero-order chi connectivity index (χ0) is 13.0. The maximum Gasteiger partial charge on any atom is 0.129 e. The van der Waals surface area contributed by atoms with E-state index in [1.807, 2.05) is 0 Å². The molecule has 1 aromatic carbocycles. The van der Waals surface area contributed by atoms with Crippen molar-refractivity contribution in [2.75, 3.05) is 6.54 Å². The Bertz CT molecular complexity index is 392. The van der Waals surface area contributed by atoms with Crippen LogP contribution in [0.4, 0.5) is 8.78 Å². The number of halogens is 2. The fourth-order valence-electron chi connectivity index (χ4n) is 2.95. The minimum absolute atomic E-state index is 0.220. The Kier molecular flexibility index (Phi) is 4.70. The lowest BCUT2D eigenvalue weighted by atomic mass is 9.90. The van der Waals surface area contributed by atoms with Crippen LogP contribution in [0.1, 0.15) is 50.5 Å². The maximum absolute atomic E-state index is 13.8. The average molecular weight is 253 g/mol. The smallest absolute Gasteiger partial charge is 0.129 e. The molecule has 1 N–H and O–H groups in total. The first-order chi connectivity index (χ1) is 8.70. The Morgan fingerprint density at radius 2 is 2.00 bits per heavy atom. The fourth-order valence-corrected chi connectivity index (χ4v) is 2.95. The van der Waals surface area contributed by atoms with Crippen LogP contribution in [0.3, 0.4) is 0 Å². The molecule has 0 saturated heterocycles. The van der Waals surface area contributed by atoms with Crippen LogP contribution in [0, 0.1) is 11.6 Å². The van der Waals surface area contributed by atoms with Gasteiger partial charge < -0.3 is 5.32 Å². The second kappa shape index (κ2) is 6.28.